The van der Waals surface area contributed by atoms with Crippen LogP contribution in [0.5, 0.6) is 0 Å². The van der Waals surface area contributed by atoms with E-state index in [1.807, 2.05) is 91.9 Å². The topological polar surface area (TPSA) is 85.0 Å². The van der Waals surface area contributed by atoms with E-state index in [0.29, 0.717) is 17.0 Å². The SMILES string of the molecule is Cc1ccc(-n2nc3ccc(NC(=S)NC(=O)/C=C/c4ccc(-c5ccccc5)o4)cc3n2)cc1. The second-order valence-corrected chi connectivity index (χ2v) is 8.28. The average molecular weight is 480 g/mol. The Morgan fingerprint density at radius 2 is 1.71 bits per heavy atom. The standard InChI is InChI=1S/C27H21N5O2S/c1-18-7-10-21(11-8-18)32-30-23-14-9-20(17-24(23)31-32)28-27(35)29-26(33)16-13-22-12-15-25(34-22)19-5-3-2-4-6-19/h2-17H,1H3,(H2,28,29,33,35)/b16-13+. The summed E-state index contributed by atoms with van der Waals surface area (Å²) in [5.74, 6) is 0.934. The van der Waals surface area contributed by atoms with Crippen molar-refractivity contribution in [2.45, 2.75) is 6.92 Å². The lowest BCUT2D eigenvalue weighted by Gasteiger charge is -2.07. The molecule has 0 spiro atoms. The van der Waals surface area contributed by atoms with Crippen molar-refractivity contribution in [3.8, 4) is 17.0 Å². The second-order valence-electron chi connectivity index (χ2n) is 7.87. The number of benzene rings is 3. The molecule has 0 bridgehead atoms. The summed E-state index contributed by atoms with van der Waals surface area (Å²) in [5, 5.41) is 14.9. The third-order valence-corrected chi connectivity index (χ3v) is 5.43. The van der Waals surface area contributed by atoms with Gasteiger partial charge in [-0.1, -0.05) is 48.0 Å². The summed E-state index contributed by atoms with van der Waals surface area (Å²) in [5.41, 5.74) is 5.17. The van der Waals surface area contributed by atoms with Gasteiger partial charge in [-0.2, -0.15) is 4.80 Å². The van der Waals surface area contributed by atoms with E-state index in [2.05, 4.69) is 20.8 Å². The number of furan rings is 1. The Bertz CT molecular complexity index is 1540. The molecule has 0 saturated heterocycles. The molecule has 5 aromatic rings. The van der Waals surface area contributed by atoms with Crippen LogP contribution in [-0.4, -0.2) is 26.0 Å². The van der Waals surface area contributed by atoms with E-state index in [9.17, 15) is 4.79 Å². The number of thiocarbonyl (C=S) groups is 1. The van der Waals surface area contributed by atoms with E-state index in [1.54, 1.807) is 10.9 Å². The fourth-order valence-electron chi connectivity index (χ4n) is 3.46. The number of amides is 1. The van der Waals surface area contributed by atoms with Crippen molar-refractivity contribution in [3.05, 3.63) is 102 Å². The number of carbonyl (C=O) groups excluding carboxylic acids is 1. The van der Waals surface area contributed by atoms with Crippen LogP contribution in [0.15, 0.2) is 95.4 Å². The molecule has 0 saturated carbocycles. The maximum atomic E-state index is 12.3. The van der Waals surface area contributed by atoms with Gasteiger partial charge in [-0.15, -0.1) is 10.2 Å². The van der Waals surface area contributed by atoms with Crippen LogP contribution in [-0.2, 0) is 4.79 Å². The normalized spacial score (nSPS) is 11.1. The number of anilines is 1. The molecule has 2 heterocycles. The second kappa shape index (κ2) is 9.74. The molecule has 0 atom stereocenters. The molecule has 2 aromatic heterocycles. The Hall–Kier alpha value is -4.56. The molecule has 3 aromatic carbocycles. The third-order valence-electron chi connectivity index (χ3n) is 5.22. The molecule has 0 unspecified atom stereocenters. The number of aromatic nitrogens is 3. The van der Waals surface area contributed by atoms with Gasteiger partial charge < -0.3 is 9.73 Å². The molecule has 0 aliphatic carbocycles. The molecule has 0 radical (unpaired) electrons. The van der Waals surface area contributed by atoms with Crippen molar-refractivity contribution in [1.29, 1.82) is 0 Å². The Kier molecular flexibility index (Phi) is 6.19. The minimum atomic E-state index is -0.369. The molecule has 172 valence electrons. The van der Waals surface area contributed by atoms with Gasteiger partial charge in [0.05, 0.1) is 5.69 Å². The molecule has 7 nitrogen and oxygen atoms in total. The Morgan fingerprint density at radius 3 is 2.51 bits per heavy atom. The minimum absolute atomic E-state index is 0.175. The lowest BCUT2D eigenvalue weighted by atomic mass is 10.2. The quantitative estimate of drug-likeness (QED) is 0.255. The number of hydrogen-bond acceptors (Lipinski definition) is 5. The summed E-state index contributed by atoms with van der Waals surface area (Å²) in [6.07, 6.45) is 2.97. The molecule has 0 aliphatic rings. The van der Waals surface area contributed by atoms with Gasteiger partial charge in [-0.3, -0.25) is 10.1 Å². The lowest BCUT2D eigenvalue weighted by molar-refractivity contribution is -0.115. The van der Waals surface area contributed by atoms with Gasteiger partial charge in [0.2, 0.25) is 5.91 Å². The number of carbonyl (C=O) groups is 1. The number of nitrogens with zero attached hydrogens (tertiary/aromatic N) is 3. The maximum Gasteiger partial charge on any atom is 0.250 e. The first-order chi connectivity index (χ1) is 17.0. The average Bonchev–Trinajstić information content (AvgIpc) is 3.51. The fraction of sp³-hybridized carbons (Fsp3) is 0.0370. The summed E-state index contributed by atoms with van der Waals surface area (Å²) in [4.78, 5) is 13.9. The summed E-state index contributed by atoms with van der Waals surface area (Å²) in [6, 6.07) is 26.9. The number of rotatable bonds is 5. The maximum absolute atomic E-state index is 12.3. The van der Waals surface area contributed by atoms with Gasteiger partial charge in [0.15, 0.2) is 5.11 Å². The molecule has 8 heteroatoms. The van der Waals surface area contributed by atoms with Crippen molar-refractivity contribution in [1.82, 2.24) is 20.3 Å². The van der Waals surface area contributed by atoms with Gasteiger partial charge in [-0.05, 0) is 67.7 Å². The molecule has 35 heavy (non-hydrogen) atoms. The van der Waals surface area contributed by atoms with Crippen LogP contribution < -0.4 is 10.6 Å². The van der Waals surface area contributed by atoms with Crippen LogP contribution in [0, 0.1) is 6.92 Å². The van der Waals surface area contributed by atoms with Gasteiger partial charge in [0.1, 0.15) is 22.6 Å². The first-order valence-electron chi connectivity index (χ1n) is 10.9. The highest BCUT2D eigenvalue weighted by molar-refractivity contribution is 7.80. The summed E-state index contributed by atoms with van der Waals surface area (Å²) in [7, 11) is 0. The van der Waals surface area contributed by atoms with E-state index in [-0.39, 0.29) is 11.0 Å². The summed E-state index contributed by atoms with van der Waals surface area (Å²) >= 11 is 5.29. The highest BCUT2D eigenvalue weighted by Gasteiger charge is 2.08. The smallest absolute Gasteiger partial charge is 0.250 e. The van der Waals surface area contributed by atoms with Crippen molar-refractivity contribution in [3.63, 3.8) is 0 Å². The summed E-state index contributed by atoms with van der Waals surface area (Å²) < 4.78 is 5.77. The Morgan fingerprint density at radius 1 is 0.943 bits per heavy atom. The van der Waals surface area contributed by atoms with Crippen LogP contribution in [0.4, 0.5) is 5.69 Å². The van der Waals surface area contributed by atoms with E-state index < -0.39 is 0 Å². The van der Waals surface area contributed by atoms with Crippen molar-refractivity contribution >= 4 is 46.0 Å². The zero-order valence-electron chi connectivity index (χ0n) is 18.8. The van der Waals surface area contributed by atoms with E-state index in [1.165, 1.54) is 11.6 Å². The molecule has 0 fully saturated rings. The van der Waals surface area contributed by atoms with Crippen LogP contribution in [0.2, 0.25) is 0 Å². The van der Waals surface area contributed by atoms with Gasteiger partial charge in [-0.25, -0.2) is 0 Å². The Balaban J connectivity index is 1.20. The predicted molar refractivity (Wildman–Crippen MR) is 141 cm³/mol. The van der Waals surface area contributed by atoms with Gasteiger partial charge >= 0.3 is 0 Å². The number of aryl methyl sites for hydroxylation is 1. The van der Waals surface area contributed by atoms with Gasteiger partial charge in [0, 0.05) is 17.3 Å². The van der Waals surface area contributed by atoms with E-state index in [0.717, 1.165) is 22.5 Å². The van der Waals surface area contributed by atoms with Crippen LogP contribution in [0.3, 0.4) is 0 Å². The number of hydrogen-bond donors (Lipinski definition) is 2. The van der Waals surface area contributed by atoms with Crippen molar-refractivity contribution < 1.29 is 9.21 Å². The Labute approximate surface area is 207 Å². The lowest BCUT2D eigenvalue weighted by Crippen LogP contribution is -2.32. The number of fused-ring (bicyclic) bond motifs is 1. The molecule has 1 amide bonds. The molecule has 0 aliphatic heterocycles. The third kappa shape index (κ3) is 5.34. The monoisotopic (exact) mass is 479 g/mol. The molecular formula is C27H21N5O2S. The molecular weight excluding hydrogens is 458 g/mol. The zero-order valence-corrected chi connectivity index (χ0v) is 19.6. The van der Waals surface area contributed by atoms with Crippen LogP contribution in [0.1, 0.15) is 11.3 Å². The van der Waals surface area contributed by atoms with Crippen molar-refractivity contribution in [2.75, 3.05) is 5.32 Å². The van der Waals surface area contributed by atoms with Gasteiger partial charge in [0.25, 0.3) is 0 Å². The largest absolute Gasteiger partial charge is 0.457 e. The first-order valence-corrected chi connectivity index (χ1v) is 11.3. The molecule has 2 N–H and O–H groups in total. The van der Waals surface area contributed by atoms with Crippen molar-refractivity contribution in [2.24, 2.45) is 0 Å². The minimum Gasteiger partial charge on any atom is -0.457 e. The van der Waals surface area contributed by atoms with Crippen LogP contribution in [0.25, 0.3) is 34.1 Å². The van der Waals surface area contributed by atoms with E-state index in [4.69, 9.17) is 16.6 Å². The predicted octanol–water partition coefficient (Wildman–Crippen LogP) is 5.52. The van der Waals surface area contributed by atoms with E-state index >= 15 is 0 Å². The molecule has 5 rings (SSSR count). The summed E-state index contributed by atoms with van der Waals surface area (Å²) in [6.45, 7) is 2.03. The highest BCUT2D eigenvalue weighted by Crippen LogP contribution is 2.22. The number of nitrogens with one attached hydrogen (secondary N) is 2. The highest BCUT2D eigenvalue weighted by atomic mass is 32.1. The van der Waals surface area contributed by atoms with Crippen LogP contribution >= 0.6 is 12.2 Å². The zero-order chi connectivity index (χ0) is 24.2. The fourth-order valence-corrected chi connectivity index (χ4v) is 3.68. The first kappa shape index (κ1) is 22.2.